The number of esters is 1. The van der Waals surface area contributed by atoms with Crippen molar-refractivity contribution in [2.45, 2.75) is 6.92 Å². The summed E-state index contributed by atoms with van der Waals surface area (Å²) in [6.07, 6.45) is 0. The molecule has 0 aliphatic rings. The van der Waals surface area contributed by atoms with Crippen molar-refractivity contribution >= 4 is 16.9 Å². The van der Waals surface area contributed by atoms with Gasteiger partial charge in [-0.25, -0.2) is 4.79 Å². The van der Waals surface area contributed by atoms with Crippen LogP contribution < -0.4 is 0 Å². The zero-order valence-electron chi connectivity index (χ0n) is 8.40. The van der Waals surface area contributed by atoms with E-state index < -0.39 is 5.97 Å². The molecule has 78 valence electrons. The SMILES string of the molecule is COC(=O)c1c(C)oc2ccc(O)cc12. The Morgan fingerprint density at radius 1 is 1.47 bits per heavy atom. The fraction of sp³-hybridized carbons (Fsp3) is 0.182. The lowest BCUT2D eigenvalue weighted by molar-refractivity contribution is 0.0601. The topological polar surface area (TPSA) is 59.7 Å². The first-order valence-electron chi connectivity index (χ1n) is 4.44. The van der Waals surface area contributed by atoms with Gasteiger partial charge < -0.3 is 14.3 Å². The number of rotatable bonds is 1. The lowest BCUT2D eigenvalue weighted by Gasteiger charge is -1.97. The first-order chi connectivity index (χ1) is 7.13. The molecule has 0 unspecified atom stereocenters. The average Bonchev–Trinajstić information content (AvgIpc) is 2.52. The molecule has 2 aromatic rings. The number of fused-ring (bicyclic) bond motifs is 1. The maximum absolute atomic E-state index is 11.5. The lowest BCUT2D eigenvalue weighted by atomic mass is 10.1. The van der Waals surface area contributed by atoms with E-state index in [0.29, 0.717) is 22.3 Å². The highest BCUT2D eigenvalue weighted by atomic mass is 16.5. The maximum atomic E-state index is 11.5. The zero-order chi connectivity index (χ0) is 11.0. The Bertz CT molecular complexity index is 525. The lowest BCUT2D eigenvalue weighted by Crippen LogP contribution is -2.01. The van der Waals surface area contributed by atoms with Gasteiger partial charge in [0, 0.05) is 5.39 Å². The van der Waals surface area contributed by atoms with Gasteiger partial charge in [0.2, 0.25) is 0 Å². The number of benzene rings is 1. The highest BCUT2D eigenvalue weighted by Crippen LogP contribution is 2.28. The Balaban J connectivity index is 2.76. The molecule has 1 heterocycles. The van der Waals surface area contributed by atoms with Gasteiger partial charge in [0.1, 0.15) is 22.7 Å². The van der Waals surface area contributed by atoms with Crippen LogP contribution in [0.4, 0.5) is 0 Å². The van der Waals surface area contributed by atoms with Crippen molar-refractivity contribution in [2.75, 3.05) is 7.11 Å². The third-order valence-electron chi connectivity index (χ3n) is 2.24. The van der Waals surface area contributed by atoms with Crippen molar-refractivity contribution in [3.05, 3.63) is 29.5 Å². The average molecular weight is 206 g/mol. The van der Waals surface area contributed by atoms with E-state index in [1.165, 1.54) is 19.2 Å². The molecule has 0 aliphatic heterocycles. The monoisotopic (exact) mass is 206 g/mol. The third kappa shape index (κ3) is 1.44. The molecule has 0 fully saturated rings. The zero-order valence-corrected chi connectivity index (χ0v) is 8.40. The van der Waals surface area contributed by atoms with Gasteiger partial charge in [-0.2, -0.15) is 0 Å². The molecule has 0 saturated heterocycles. The van der Waals surface area contributed by atoms with E-state index in [9.17, 15) is 9.90 Å². The fourth-order valence-corrected chi connectivity index (χ4v) is 1.56. The van der Waals surface area contributed by atoms with Crippen LogP contribution in [0.3, 0.4) is 0 Å². The number of hydrogen-bond acceptors (Lipinski definition) is 4. The van der Waals surface area contributed by atoms with Gasteiger partial charge in [-0.3, -0.25) is 0 Å². The molecule has 4 heteroatoms. The predicted molar refractivity (Wildman–Crippen MR) is 54.0 cm³/mol. The first-order valence-corrected chi connectivity index (χ1v) is 4.44. The molecule has 15 heavy (non-hydrogen) atoms. The maximum Gasteiger partial charge on any atom is 0.342 e. The van der Waals surface area contributed by atoms with Crippen molar-refractivity contribution in [2.24, 2.45) is 0 Å². The Labute approximate surface area is 86.1 Å². The van der Waals surface area contributed by atoms with Gasteiger partial charge in [0.25, 0.3) is 0 Å². The van der Waals surface area contributed by atoms with Gasteiger partial charge >= 0.3 is 5.97 Å². The smallest absolute Gasteiger partial charge is 0.342 e. The summed E-state index contributed by atoms with van der Waals surface area (Å²) in [6.45, 7) is 1.68. The fourth-order valence-electron chi connectivity index (χ4n) is 1.56. The van der Waals surface area contributed by atoms with Gasteiger partial charge in [0.15, 0.2) is 0 Å². The minimum atomic E-state index is -0.461. The minimum absolute atomic E-state index is 0.0912. The van der Waals surface area contributed by atoms with Gasteiger partial charge in [-0.05, 0) is 25.1 Å². The molecule has 0 saturated carbocycles. The molecule has 0 spiro atoms. The standard InChI is InChI=1S/C11H10O4/c1-6-10(11(13)14-2)8-5-7(12)3-4-9(8)15-6/h3-5,12H,1-2H3. The van der Waals surface area contributed by atoms with E-state index in [1.54, 1.807) is 13.0 Å². The number of carbonyl (C=O) groups is 1. The van der Waals surface area contributed by atoms with Crippen LogP contribution in [0.2, 0.25) is 0 Å². The number of hydrogen-bond donors (Lipinski definition) is 1. The summed E-state index contributed by atoms with van der Waals surface area (Å²) in [5.74, 6) is 0.118. The molecule has 0 radical (unpaired) electrons. The number of furan rings is 1. The summed E-state index contributed by atoms with van der Waals surface area (Å²) in [7, 11) is 1.31. The Morgan fingerprint density at radius 3 is 2.87 bits per heavy atom. The summed E-state index contributed by atoms with van der Waals surface area (Å²) in [6, 6.07) is 4.61. The van der Waals surface area contributed by atoms with Crippen LogP contribution >= 0.6 is 0 Å². The second-order valence-corrected chi connectivity index (χ2v) is 3.21. The molecule has 0 aliphatic carbocycles. The van der Waals surface area contributed by atoms with E-state index in [4.69, 9.17) is 4.42 Å². The second kappa shape index (κ2) is 3.31. The van der Waals surface area contributed by atoms with Gasteiger partial charge in [-0.15, -0.1) is 0 Å². The predicted octanol–water partition coefficient (Wildman–Crippen LogP) is 2.23. The van der Waals surface area contributed by atoms with E-state index in [-0.39, 0.29) is 5.75 Å². The molecule has 1 N–H and O–H groups in total. The Morgan fingerprint density at radius 2 is 2.20 bits per heavy atom. The highest BCUT2D eigenvalue weighted by Gasteiger charge is 2.18. The normalized spacial score (nSPS) is 10.5. The molecule has 1 aromatic carbocycles. The molecule has 4 nitrogen and oxygen atoms in total. The molecular formula is C11H10O4. The number of aromatic hydroxyl groups is 1. The number of phenolic OH excluding ortho intramolecular Hbond substituents is 1. The van der Waals surface area contributed by atoms with Crippen LogP contribution in [0.25, 0.3) is 11.0 Å². The third-order valence-corrected chi connectivity index (χ3v) is 2.24. The largest absolute Gasteiger partial charge is 0.508 e. The number of aryl methyl sites for hydroxylation is 1. The van der Waals surface area contributed by atoms with E-state index in [0.717, 1.165) is 0 Å². The number of ether oxygens (including phenoxy) is 1. The van der Waals surface area contributed by atoms with Crippen molar-refractivity contribution in [1.29, 1.82) is 0 Å². The second-order valence-electron chi connectivity index (χ2n) is 3.21. The van der Waals surface area contributed by atoms with E-state index in [2.05, 4.69) is 4.74 Å². The summed E-state index contributed by atoms with van der Waals surface area (Å²) < 4.78 is 10.0. The van der Waals surface area contributed by atoms with Crippen LogP contribution in [0.15, 0.2) is 22.6 Å². The summed E-state index contributed by atoms with van der Waals surface area (Å²) in [5.41, 5.74) is 0.925. The molecule has 1 aromatic heterocycles. The Hall–Kier alpha value is -1.97. The highest BCUT2D eigenvalue weighted by molar-refractivity contribution is 6.04. The van der Waals surface area contributed by atoms with Crippen LogP contribution in [-0.4, -0.2) is 18.2 Å². The van der Waals surface area contributed by atoms with Crippen molar-refractivity contribution in [3.8, 4) is 5.75 Å². The Kier molecular flexibility index (Phi) is 2.11. The summed E-state index contributed by atoms with van der Waals surface area (Å²) in [5, 5.41) is 9.89. The van der Waals surface area contributed by atoms with Crippen molar-refractivity contribution in [3.63, 3.8) is 0 Å². The summed E-state index contributed by atoms with van der Waals surface area (Å²) >= 11 is 0. The van der Waals surface area contributed by atoms with Gasteiger partial charge in [0.05, 0.1) is 7.11 Å². The molecular weight excluding hydrogens is 196 g/mol. The number of phenols is 1. The van der Waals surface area contributed by atoms with Crippen molar-refractivity contribution < 1.29 is 19.1 Å². The summed E-state index contributed by atoms with van der Waals surface area (Å²) in [4.78, 5) is 11.5. The van der Waals surface area contributed by atoms with Crippen LogP contribution in [0.5, 0.6) is 5.75 Å². The molecule has 0 atom stereocenters. The first kappa shape index (κ1) is 9.58. The van der Waals surface area contributed by atoms with Crippen molar-refractivity contribution in [1.82, 2.24) is 0 Å². The van der Waals surface area contributed by atoms with Crippen LogP contribution in [-0.2, 0) is 4.74 Å². The number of carbonyl (C=O) groups excluding carboxylic acids is 1. The number of methoxy groups -OCH3 is 1. The van der Waals surface area contributed by atoms with Crippen LogP contribution in [0.1, 0.15) is 16.1 Å². The molecule has 0 bridgehead atoms. The molecule has 2 rings (SSSR count). The van der Waals surface area contributed by atoms with Gasteiger partial charge in [-0.1, -0.05) is 0 Å². The van der Waals surface area contributed by atoms with Crippen LogP contribution in [0, 0.1) is 6.92 Å². The minimum Gasteiger partial charge on any atom is -0.508 e. The quantitative estimate of drug-likeness (QED) is 0.727. The molecule has 0 amide bonds. The van der Waals surface area contributed by atoms with E-state index in [1.807, 2.05) is 0 Å². The van der Waals surface area contributed by atoms with E-state index >= 15 is 0 Å².